The molecule has 6 nitrogen and oxygen atoms in total. The normalized spacial score (nSPS) is 26.9. The number of rotatable bonds is 4. The lowest BCUT2D eigenvalue weighted by molar-refractivity contribution is -0.0535. The minimum atomic E-state index is -0.646. The summed E-state index contributed by atoms with van der Waals surface area (Å²) in [5.41, 5.74) is 8.69. The summed E-state index contributed by atoms with van der Waals surface area (Å²) in [6.45, 7) is 4.06. The quantitative estimate of drug-likeness (QED) is 0.847. The summed E-state index contributed by atoms with van der Waals surface area (Å²) in [6, 6.07) is 3.04. The minimum Gasteiger partial charge on any atom is -0.391 e. The Morgan fingerprint density at radius 1 is 1.37 bits per heavy atom. The van der Waals surface area contributed by atoms with Gasteiger partial charge in [-0.3, -0.25) is 9.58 Å². The molecule has 4 atom stereocenters. The maximum atomic E-state index is 14.1. The van der Waals surface area contributed by atoms with Crippen LogP contribution in [0.15, 0.2) is 24.4 Å². The van der Waals surface area contributed by atoms with E-state index in [-0.39, 0.29) is 11.6 Å². The van der Waals surface area contributed by atoms with Gasteiger partial charge in [0.1, 0.15) is 17.7 Å². The number of hydrogen-bond donors (Lipinski definition) is 2. The lowest BCUT2D eigenvalue weighted by atomic mass is 9.93. The second-order valence-corrected chi connectivity index (χ2v) is 7.53. The molecule has 1 fully saturated rings. The lowest BCUT2D eigenvalue weighted by Gasteiger charge is -2.38. The molecule has 2 aliphatic rings. The molecule has 0 spiro atoms. The monoisotopic (exact) mass is 378 g/mol. The first kappa shape index (κ1) is 18.5. The summed E-state index contributed by atoms with van der Waals surface area (Å²) in [5.74, 6) is -0.996. The topological polar surface area (TPSA) is 76.5 Å². The van der Waals surface area contributed by atoms with Gasteiger partial charge in [-0.15, -0.1) is 0 Å². The minimum absolute atomic E-state index is 0.0975. The van der Waals surface area contributed by atoms with Gasteiger partial charge in [-0.25, -0.2) is 8.78 Å². The Bertz CT molecular complexity index is 826. The number of halogens is 2. The largest absolute Gasteiger partial charge is 0.391 e. The van der Waals surface area contributed by atoms with E-state index in [1.165, 1.54) is 0 Å². The SMILES string of the molecule is CC(O)Cn1ncc2c1CN([C@H]1CO[C@H](c3cc(F)ccc3F)[C@@H](N)C1)C2. The van der Waals surface area contributed by atoms with Crippen LogP contribution in [0.5, 0.6) is 0 Å². The van der Waals surface area contributed by atoms with Gasteiger partial charge in [0.15, 0.2) is 0 Å². The van der Waals surface area contributed by atoms with Gasteiger partial charge < -0.3 is 15.6 Å². The highest BCUT2D eigenvalue weighted by Gasteiger charge is 2.37. The number of aliphatic hydroxyl groups is 1. The number of ether oxygens (including phenoxy) is 1. The van der Waals surface area contributed by atoms with Crippen molar-refractivity contribution in [1.29, 1.82) is 0 Å². The summed E-state index contributed by atoms with van der Waals surface area (Å²) in [5, 5.41) is 14.0. The number of nitrogens with two attached hydrogens (primary N) is 1. The molecule has 1 saturated heterocycles. The number of aromatic nitrogens is 2. The van der Waals surface area contributed by atoms with Crippen LogP contribution in [0.3, 0.4) is 0 Å². The van der Waals surface area contributed by atoms with Crippen LogP contribution in [0.25, 0.3) is 0 Å². The summed E-state index contributed by atoms with van der Waals surface area (Å²) in [7, 11) is 0. The summed E-state index contributed by atoms with van der Waals surface area (Å²) in [6.07, 6.45) is 1.37. The Labute approximate surface area is 156 Å². The highest BCUT2D eigenvalue weighted by atomic mass is 19.1. The van der Waals surface area contributed by atoms with Gasteiger partial charge in [-0.1, -0.05) is 0 Å². The summed E-state index contributed by atoms with van der Waals surface area (Å²) < 4.78 is 35.3. The van der Waals surface area contributed by atoms with E-state index < -0.39 is 29.9 Å². The van der Waals surface area contributed by atoms with E-state index in [1.807, 2.05) is 10.9 Å². The molecule has 146 valence electrons. The molecule has 0 saturated carbocycles. The maximum Gasteiger partial charge on any atom is 0.129 e. The number of benzene rings is 1. The van der Waals surface area contributed by atoms with E-state index in [0.29, 0.717) is 26.1 Å². The van der Waals surface area contributed by atoms with Crippen LogP contribution in [0.2, 0.25) is 0 Å². The molecule has 8 heteroatoms. The first-order valence-corrected chi connectivity index (χ1v) is 9.20. The first-order valence-electron chi connectivity index (χ1n) is 9.20. The molecular formula is C19H24F2N4O2. The van der Waals surface area contributed by atoms with Gasteiger partial charge in [-0.2, -0.15) is 5.10 Å². The smallest absolute Gasteiger partial charge is 0.129 e. The van der Waals surface area contributed by atoms with E-state index in [1.54, 1.807) is 6.92 Å². The van der Waals surface area contributed by atoms with E-state index in [4.69, 9.17) is 10.5 Å². The average molecular weight is 378 g/mol. The van der Waals surface area contributed by atoms with Crippen LogP contribution in [0.1, 0.15) is 36.3 Å². The van der Waals surface area contributed by atoms with E-state index in [0.717, 1.165) is 36.0 Å². The van der Waals surface area contributed by atoms with Gasteiger partial charge in [0.25, 0.3) is 0 Å². The van der Waals surface area contributed by atoms with E-state index in [2.05, 4.69) is 10.00 Å². The molecule has 3 heterocycles. The maximum absolute atomic E-state index is 14.1. The predicted molar refractivity (Wildman–Crippen MR) is 94.6 cm³/mol. The fraction of sp³-hybridized carbons (Fsp3) is 0.526. The Balaban J connectivity index is 1.43. The van der Waals surface area contributed by atoms with Gasteiger partial charge in [0.05, 0.1) is 31.1 Å². The van der Waals surface area contributed by atoms with Crippen molar-refractivity contribution in [1.82, 2.24) is 14.7 Å². The molecule has 1 unspecified atom stereocenters. The Morgan fingerprint density at radius 3 is 2.93 bits per heavy atom. The summed E-state index contributed by atoms with van der Waals surface area (Å²) >= 11 is 0. The van der Waals surface area contributed by atoms with Crippen LogP contribution >= 0.6 is 0 Å². The second-order valence-electron chi connectivity index (χ2n) is 7.53. The molecule has 4 rings (SSSR count). The van der Waals surface area contributed by atoms with Crippen LogP contribution in [0.4, 0.5) is 8.78 Å². The number of nitrogens with zero attached hydrogens (tertiary/aromatic N) is 3. The van der Waals surface area contributed by atoms with Crippen molar-refractivity contribution in [3.63, 3.8) is 0 Å². The van der Waals surface area contributed by atoms with E-state index in [9.17, 15) is 13.9 Å². The highest BCUT2D eigenvalue weighted by Crippen LogP contribution is 2.34. The Kier molecular flexibility index (Phi) is 4.98. The van der Waals surface area contributed by atoms with E-state index >= 15 is 0 Å². The zero-order chi connectivity index (χ0) is 19.1. The van der Waals surface area contributed by atoms with Crippen molar-refractivity contribution in [3.05, 3.63) is 52.9 Å². The molecular weight excluding hydrogens is 354 g/mol. The van der Waals surface area contributed by atoms with Crippen molar-refractivity contribution < 1.29 is 18.6 Å². The third-order valence-corrected chi connectivity index (χ3v) is 5.38. The third kappa shape index (κ3) is 3.62. The fourth-order valence-electron chi connectivity index (χ4n) is 4.05. The molecule has 0 bridgehead atoms. The molecule has 3 N–H and O–H groups in total. The van der Waals surface area contributed by atoms with Crippen LogP contribution in [-0.2, 0) is 24.4 Å². The highest BCUT2D eigenvalue weighted by molar-refractivity contribution is 5.25. The van der Waals surface area contributed by atoms with Crippen molar-refractivity contribution in [2.45, 2.75) is 57.3 Å². The standard InChI is InChI=1S/C19H24F2N4O2/c1-11(26)7-25-18-9-24(8-12(18)6-23-25)14-5-17(22)19(27-10-14)15-4-13(20)2-3-16(15)21/h2-4,6,11,14,17,19,26H,5,7-10,22H2,1H3/t11?,14-,17+,19-/m1/s1. The van der Waals surface area contributed by atoms with Gasteiger partial charge >= 0.3 is 0 Å². The van der Waals surface area contributed by atoms with Crippen LogP contribution in [-0.4, -0.2) is 44.6 Å². The van der Waals surface area contributed by atoms with Crippen LogP contribution < -0.4 is 5.73 Å². The average Bonchev–Trinajstić information content (AvgIpc) is 3.19. The second kappa shape index (κ2) is 7.27. The molecule has 2 aromatic rings. The molecule has 1 aromatic carbocycles. The molecule has 0 amide bonds. The molecule has 0 aliphatic carbocycles. The molecule has 1 aromatic heterocycles. The van der Waals surface area contributed by atoms with Gasteiger partial charge in [-0.05, 0) is 31.5 Å². The van der Waals surface area contributed by atoms with Crippen molar-refractivity contribution in [3.8, 4) is 0 Å². The first-order chi connectivity index (χ1) is 12.9. The predicted octanol–water partition coefficient (Wildman–Crippen LogP) is 1.72. The Morgan fingerprint density at radius 2 is 2.19 bits per heavy atom. The van der Waals surface area contributed by atoms with Gasteiger partial charge in [0.2, 0.25) is 0 Å². The molecule has 27 heavy (non-hydrogen) atoms. The third-order valence-electron chi connectivity index (χ3n) is 5.38. The van der Waals surface area contributed by atoms with Crippen molar-refractivity contribution in [2.24, 2.45) is 5.73 Å². The number of hydrogen-bond acceptors (Lipinski definition) is 5. The molecule has 0 radical (unpaired) electrons. The fourth-order valence-corrected chi connectivity index (χ4v) is 4.05. The van der Waals surface area contributed by atoms with Crippen molar-refractivity contribution >= 4 is 0 Å². The van der Waals surface area contributed by atoms with Crippen molar-refractivity contribution in [2.75, 3.05) is 6.61 Å². The zero-order valence-electron chi connectivity index (χ0n) is 15.2. The lowest BCUT2D eigenvalue weighted by Crippen LogP contribution is -2.47. The molecule has 2 aliphatic heterocycles. The zero-order valence-corrected chi connectivity index (χ0v) is 15.2. The Hall–Kier alpha value is -1.87. The number of aliphatic hydroxyl groups excluding tert-OH is 1. The summed E-state index contributed by atoms with van der Waals surface area (Å²) in [4.78, 5) is 2.27. The number of fused-ring (bicyclic) bond motifs is 1. The van der Waals surface area contributed by atoms with Gasteiger partial charge in [0, 0.05) is 36.3 Å². The van der Waals surface area contributed by atoms with Crippen LogP contribution in [0, 0.1) is 11.6 Å².